The number of nitrogens with zero attached hydrogens (tertiary/aromatic N) is 3. The van der Waals surface area contributed by atoms with Crippen LogP contribution < -0.4 is 5.56 Å². The van der Waals surface area contributed by atoms with Crippen molar-refractivity contribution < 1.29 is 14.7 Å². The van der Waals surface area contributed by atoms with Crippen molar-refractivity contribution in [2.24, 2.45) is 11.8 Å². The van der Waals surface area contributed by atoms with Gasteiger partial charge in [0.05, 0.1) is 18.0 Å². The van der Waals surface area contributed by atoms with E-state index in [2.05, 4.69) is 0 Å². The number of aliphatic hydroxyl groups excluding tert-OH is 1. The van der Waals surface area contributed by atoms with E-state index < -0.39 is 23.9 Å². The number of amides is 2. The zero-order valence-corrected chi connectivity index (χ0v) is 15.9. The van der Waals surface area contributed by atoms with Crippen LogP contribution in [0.5, 0.6) is 0 Å². The molecule has 0 saturated carbocycles. The highest BCUT2D eigenvalue weighted by atomic mass is 16.3. The van der Waals surface area contributed by atoms with Crippen LogP contribution in [0.15, 0.2) is 53.3 Å². The van der Waals surface area contributed by atoms with Gasteiger partial charge in [-0.1, -0.05) is 24.3 Å². The third kappa shape index (κ3) is 2.65. The fourth-order valence-corrected chi connectivity index (χ4v) is 4.64. The number of hydrogen-bond donors (Lipinski definition) is 1. The largest absolute Gasteiger partial charge is 0.396 e. The first-order valence-corrected chi connectivity index (χ1v) is 9.35. The Bertz CT molecular complexity index is 969. The van der Waals surface area contributed by atoms with E-state index in [0.717, 1.165) is 0 Å². The van der Waals surface area contributed by atoms with Gasteiger partial charge in [0.25, 0.3) is 11.5 Å². The number of benzene rings is 1. The van der Waals surface area contributed by atoms with E-state index in [9.17, 15) is 19.5 Å². The van der Waals surface area contributed by atoms with Crippen molar-refractivity contribution in [2.75, 3.05) is 20.7 Å². The molecule has 28 heavy (non-hydrogen) atoms. The molecule has 2 aromatic rings. The average molecular weight is 381 g/mol. The fourth-order valence-electron chi connectivity index (χ4n) is 4.64. The van der Waals surface area contributed by atoms with Crippen molar-refractivity contribution in [3.8, 4) is 0 Å². The number of pyridine rings is 1. The summed E-state index contributed by atoms with van der Waals surface area (Å²) < 4.78 is 1.63. The van der Waals surface area contributed by atoms with Crippen molar-refractivity contribution in [1.82, 2.24) is 14.4 Å². The van der Waals surface area contributed by atoms with E-state index in [1.165, 1.54) is 11.0 Å². The summed E-state index contributed by atoms with van der Waals surface area (Å²) in [5, 5.41) is 10.1. The van der Waals surface area contributed by atoms with Gasteiger partial charge in [-0.2, -0.15) is 0 Å². The Labute approximate surface area is 162 Å². The Balaban J connectivity index is 1.89. The molecule has 2 amide bonds. The minimum absolute atomic E-state index is 0.151. The molecule has 2 aliphatic heterocycles. The van der Waals surface area contributed by atoms with E-state index in [0.29, 0.717) is 11.3 Å². The number of rotatable bonds is 3. The first kappa shape index (κ1) is 18.4. The average Bonchev–Trinajstić information content (AvgIpc) is 2.94. The van der Waals surface area contributed by atoms with Crippen molar-refractivity contribution in [3.05, 3.63) is 70.1 Å². The molecule has 0 spiro atoms. The molecule has 3 heterocycles. The normalized spacial score (nSPS) is 25.3. The second-order valence-corrected chi connectivity index (χ2v) is 7.60. The van der Waals surface area contributed by atoms with Crippen LogP contribution in [0.25, 0.3) is 0 Å². The second kappa shape index (κ2) is 6.91. The first-order chi connectivity index (χ1) is 13.5. The molecule has 1 aromatic heterocycles. The van der Waals surface area contributed by atoms with Gasteiger partial charge >= 0.3 is 0 Å². The van der Waals surface area contributed by atoms with Gasteiger partial charge in [0.1, 0.15) is 0 Å². The molecule has 1 fully saturated rings. The highest BCUT2D eigenvalue weighted by molar-refractivity contribution is 5.96. The monoisotopic (exact) mass is 381 g/mol. The molecular weight excluding hydrogens is 358 g/mol. The third-order valence-corrected chi connectivity index (χ3v) is 5.90. The quantitative estimate of drug-likeness (QED) is 0.850. The Morgan fingerprint density at radius 2 is 1.82 bits per heavy atom. The molecule has 2 aliphatic rings. The van der Waals surface area contributed by atoms with Gasteiger partial charge < -0.3 is 19.5 Å². The molecule has 0 radical (unpaired) electrons. The lowest BCUT2D eigenvalue weighted by Crippen LogP contribution is -2.49. The van der Waals surface area contributed by atoms with Crippen molar-refractivity contribution in [3.63, 3.8) is 0 Å². The predicted molar refractivity (Wildman–Crippen MR) is 103 cm³/mol. The van der Waals surface area contributed by atoms with E-state index >= 15 is 0 Å². The van der Waals surface area contributed by atoms with E-state index in [1.807, 2.05) is 6.07 Å². The summed E-state index contributed by atoms with van der Waals surface area (Å²) in [6.07, 6.45) is 0. The topological polar surface area (TPSA) is 82.8 Å². The third-order valence-electron chi connectivity index (χ3n) is 5.90. The smallest absolute Gasteiger partial charge is 0.254 e. The summed E-state index contributed by atoms with van der Waals surface area (Å²) in [7, 11) is 3.33. The molecule has 4 atom stereocenters. The molecule has 2 bridgehead atoms. The number of aliphatic hydroxyl groups is 1. The van der Waals surface area contributed by atoms with Gasteiger partial charge in [0.15, 0.2) is 0 Å². The summed E-state index contributed by atoms with van der Waals surface area (Å²) in [5.74, 6) is -1.38. The predicted octanol–water partition coefficient (Wildman–Crippen LogP) is 0.741. The van der Waals surface area contributed by atoms with Crippen molar-refractivity contribution in [2.45, 2.75) is 18.6 Å². The van der Waals surface area contributed by atoms with Crippen LogP contribution >= 0.6 is 0 Å². The van der Waals surface area contributed by atoms with Gasteiger partial charge in [-0.3, -0.25) is 14.4 Å². The van der Waals surface area contributed by atoms with Crippen LogP contribution in [-0.4, -0.2) is 58.0 Å². The molecule has 0 unspecified atom stereocenters. The summed E-state index contributed by atoms with van der Waals surface area (Å²) in [4.78, 5) is 42.1. The summed E-state index contributed by atoms with van der Waals surface area (Å²) in [6, 6.07) is 12.8. The SMILES string of the molecule is CN(C)C(=O)[C@@H]1[C@@H](CO)[C@@H]2Cn3c(cccc3=O)[C@H]1N2C(=O)c1ccccc1. The van der Waals surface area contributed by atoms with E-state index in [1.54, 1.807) is 60.0 Å². The van der Waals surface area contributed by atoms with Crippen LogP contribution in [0.1, 0.15) is 22.1 Å². The molecule has 7 nitrogen and oxygen atoms in total. The van der Waals surface area contributed by atoms with Gasteiger partial charge in [-0.25, -0.2) is 0 Å². The lowest BCUT2D eigenvalue weighted by Gasteiger charge is -2.38. The number of hydrogen-bond acceptors (Lipinski definition) is 4. The van der Waals surface area contributed by atoms with Crippen molar-refractivity contribution in [1.29, 1.82) is 0 Å². The lowest BCUT2D eigenvalue weighted by atomic mass is 9.86. The van der Waals surface area contributed by atoms with Gasteiger partial charge in [-0.15, -0.1) is 0 Å². The number of aromatic nitrogens is 1. The lowest BCUT2D eigenvalue weighted by molar-refractivity contribution is -0.135. The number of fused-ring (bicyclic) bond motifs is 4. The maximum atomic E-state index is 13.4. The molecule has 4 rings (SSSR count). The first-order valence-electron chi connectivity index (χ1n) is 9.35. The molecule has 1 N–H and O–H groups in total. The Hall–Kier alpha value is -2.93. The zero-order chi connectivity index (χ0) is 20.0. The minimum Gasteiger partial charge on any atom is -0.396 e. The van der Waals surface area contributed by atoms with Crippen molar-refractivity contribution >= 4 is 11.8 Å². The highest BCUT2D eigenvalue weighted by Crippen LogP contribution is 2.49. The van der Waals surface area contributed by atoms with E-state index in [-0.39, 0.29) is 30.5 Å². The molecule has 0 aliphatic carbocycles. The van der Waals surface area contributed by atoms with Crippen LogP contribution in [0.3, 0.4) is 0 Å². The molecule has 1 saturated heterocycles. The Kier molecular flexibility index (Phi) is 4.55. The summed E-state index contributed by atoms with van der Waals surface area (Å²) in [5.41, 5.74) is 1.01. The summed E-state index contributed by atoms with van der Waals surface area (Å²) in [6.45, 7) is 0.0409. The van der Waals surface area contributed by atoms with Crippen LogP contribution in [0.4, 0.5) is 0 Å². The summed E-state index contributed by atoms with van der Waals surface area (Å²) >= 11 is 0. The van der Waals surface area contributed by atoms with Gasteiger partial charge in [0.2, 0.25) is 5.91 Å². The fraction of sp³-hybridized carbons (Fsp3) is 0.381. The zero-order valence-electron chi connectivity index (χ0n) is 15.9. The molecule has 146 valence electrons. The number of carbonyl (C=O) groups is 2. The van der Waals surface area contributed by atoms with Gasteiger partial charge in [0, 0.05) is 50.5 Å². The Morgan fingerprint density at radius 3 is 2.46 bits per heavy atom. The second-order valence-electron chi connectivity index (χ2n) is 7.60. The van der Waals surface area contributed by atoms with Crippen LogP contribution in [0, 0.1) is 11.8 Å². The molecule has 1 aromatic carbocycles. The molecular formula is C21H23N3O4. The Morgan fingerprint density at radius 1 is 1.11 bits per heavy atom. The van der Waals surface area contributed by atoms with Gasteiger partial charge in [-0.05, 0) is 18.2 Å². The highest BCUT2D eigenvalue weighted by Gasteiger charge is 2.57. The van der Waals surface area contributed by atoms with Crippen LogP contribution in [0.2, 0.25) is 0 Å². The maximum Gasteiger partial charge on any atom is 0.254 e. The molecule has 7 heteroatoms. The van der Waals surface area contributed by atoms with Crippen LogP contribution in [-0.2, 0) is 11.3 Å². The number of carbonyl (C=O) groups excluding carboxylic acids is 2. The van der Waals surface area contributed by atoms with E-state index in [4.69, 9.17) is 0 Å². The standard InChI is InChI=1S/C21H23N3O4/c1-22(2)21(28)18-14(12-25)16-11-23-15(9-6-10-17(23)26)19(18)24(16)20(27)13-7-4-3-5-8-13/h3-10,14,16,18-19,25H,11-12H2,1-2H3/t14-,16-,18+,19+/m0/s1. The minimum atomic E-state index is -0.604. The maximum absolute atomic E-state index is 13.4.